The van der Waals surface area contributed by atoms with E-state index in [0.29, 0.717) is 25.1 Å². The van der Waals surface area contributed by atoms with E-state index in [4.69, 9.17) is 9.63 Å². The van der Waals surface area contributed by atoms with Crippen molar-refractivity contribution in [2.45, 2.75) is 37.5 Å². The van der Waals surface area contributed by atoms with E-state index in [-0.39, 0.29) is 23.2 Å². The molecule has 2 heterocycles. The van der Waals surface area contributed by atoms with E-state index in [1.807, 2.05) is 17.5 Å². The van der Waals surface area contributed by atoms with Crippen molar-refractivity contribution in [1.29, 1.82) is 0 Å². The Morgan fingerprint density at radius 2 is 2.18 bits per heavy atom. The van der Waals surface area contributed by atoms with Gasteiger partial charge in [0.1, 0.15) is 10.6 Å². The highest BCUT2D eigenvalue weighted by Gasteiger charge is 2.24. The van der Waals surface area contributed by atoms with Gasteiger partial charge in [-0.1, -0.05) is 11.2 Å². The Labute approximate surface area is 134 Å². The second-order valence-electron chi connectivity index (χ2n) is 5.06. The predicted molar refractivity (Wildman–Crippen MR) is 84.5 cm³/mol. The van der Waals surface area contributed by atoms with Gasteiger partial charge in [-0.25, -0.2) is 13.1 Å². The Morgan fingerprint density at radius 1 is 1.41 bits per heavy atom. The van der Waals surface area contributed by atoms with Crippen LogP contribution in [0, 0.1) is 13.8 Å². The third-order valence-corrected chi connectivity index (χ3v) is 6.18. The number of aliphatic hydroxyl groups is 1. The first-order valence-corrected chi connectivity index (χ1v) is 9.38. The molecule has 0 aromatic carbocycles. The molecular formula is C14H20N2O4S2. The van der Waals surface area contributed by atoms with Crippen LogP contribution in [0.2, 0.25) is 0 Å². The molecule has 0 aliphatic rings. The molecule has 0 aliphatic carbocycles. The fraction of sp³-hybridized carbons (Fsp3) is 0.500. The first kappa shape index (κ1) is 17.1. The third-order valence-electron chi connectivity index (χ3n) is 3.44. The summed E-state index contributed by atoms with van der Waals surface area (Å²) < 4.78 is 32.1. The number of hydrogen-bond donors (Lipinski definition) is 2. The Morgan fingerprint density at radius 3 is 2.73 bits per heavy atom. The number of nitrogens with zero attached hydrogens (tertiary/aromatic N) is 1. The van der Waals surface area contributed by atoms with E-state index in [1.165, 1.54) is 0 Å². The molecule has 0 spiro atoms. The van der Waals surface area contributed by atoms with Crippen molar-refractivity contribution in [3.05, 3.63) is 33.8 Å². The van der Waals surface area contributed by atoms with E-state index in [9.17, 15) is 8.42 Å². The van der Waals surface area contributed by atoms with Gasteiger partial charge >= 0.3 is 0 Å². The molecule has 122 valence electrons. The molecule has 6 nitrogen and oxygen atoms in total. The summed E-state index contributed by atoms with van der Waals surface area (Å²) in [4.78, 5) is 1.27. The van der Waals surface area contributed by atoms with Gasteiger partial charge in [-0.2, -0.15) is 0 Å². The van der Waals surface area contributed by atoms with Crippen molar-refractivity contribution in [3.8, 4) is 0 Å². The first-order valence-electron chi connectivity index (χ1n) is 7.02. The maximum atomic E-state index is 12.3. The number of aliphatic hydroxyl groups excluding tert-OH is 1. The molecule has 2 N–H and O–H groups in total. The maximum Gasteiger partial charge on any atom is 0.245 e. The zero-order valence-electron chi connectivity index (χ0n) is 12.6. The quantitative estimate of drug-likeness (QED) is 0.766. The summed E-state index contributed by atoms with van der Waals surface area (Å²) in [6.07, 6.45) is 1.25. The minimum absolute atomic E-state index is 0.0825. The van der Waals surface area contributed by atoms with Crippen LogP contribution in [0.3, 0.4) is 0 Å². The monoisotopic (exact) mass is 344 g/mol. The normalized spacial score (nSPS) is 13.4. The molecule has 1 atom stereocenters. The number of aromatic nitrogens is 1. The number of sulfonamides is 1. The summed E-state index contributed by atoms with van der Waals surface area (Å²) in [7, 11) is -3.62. The zero-order chi connectivity index (χ0) is 16.2. The molecule has 0 saturated carbocycles. The van der Waals surface area contributed by atoms with E-state index >= 15 is 0 Å². The number of rotatable bonds is 8. The molecule has 0 radical (unpaired) electrons. The van der Waals surface area contributed by atoms with Gasteiger partial charge in [0, 0.05) is 18.0 Å². The van der Waals surface area contributed by atoms with Gasteiger partial charge in [-0.3, -0.25) is 0 Å². The topological polar surface area (TPSA) is 92.4 Å². The number of aryl methyl sites for hydroxylation is 2. The minimum Gasteiger partial charge on any atom is -0.396 e. The van der Waals surface area contributed by atoms with E-state index in [2.05, 4.69) is 9.88 Å². The van der Waals surface area contributed by atoms with Crippen LogP contribution < -0.4 is 4.72 Å². The highest BCUT2D eigenvalue weighted by Crippen LogP contribution is 2.27. The lowest BCUT2D eigenvalue weighted by atomic mass is 10.0. The minimum atomic E-state index is -3.62. The highest BCUT2D eigenvalue weighted by molar-refractivity contribution is 7.89. The molecule has 2 aromatic heterocycles. The van der Waals surface area contributed by atoms with E-state index < -0.39 is 10.0 Å². The Hall–Kier alpha value is -1.22. The van der Waals surface area contributed by atoms with Crippen molar-refractivity contribution < 1.29 is 18.0 Å². The van der Waals surface area contributed by atoms with Gasteiger partial charge in [-0.15, -0.1) is 11.3 Å². The van der Waals surface area contributed by atoms with Crippen molar-refractivity contribution in [3.63, 3.8) is 0 Å². The lowest BCUT2D eigenvalue weighted by molar-refractivity contribution is 0.273. The Bertz CT molecular complexity index is 673. The van der Waals surface area contributed by atoms with Gasteiger partial charge in [-0.05, 0) is 44.1 Å². The second kappa shape index (κ2) is 7.36. The summed E-state index contributed by atoms with van der Waals surface area (Å²) in [6.45, 7) is 3.56. The molecule has 2 rings (SSSR count). The average molecular weight is 344 g/mol. The lowest BCUT2D eigenvalue weighted by Gasteiger charge is -2.14. The summed E-state index contributed by atoms with van der Waals surface area (Å²) >= 11 is 1.62. The maximum absolute atomic E-state index is 12.3. The molecule has 0 aliphatic heterocycles. The van der Waals surface area contributed by atoms with Gasteiger partial charge in [0.25, 0.3) is 0 Å². The number of nitrogens with one attached hydrogen (secondary N) is 1. The molecule has 0 amide bonds. The van der Waals surface area contributed by atoms with Crippen molar-refractivity contribution >= 4 is 21.4 Å². The van der Waals surface area contributed by atoms with Crippen LogP contribution >= 0.6 is 11.3 Å². The van der Waals surface area contributed by atoms with E-state index in [1.54, 1.807) is 25.2 Å². The van der Waals surface area contributed by atoms with Crippen molar-refractivity contribution in [2.24, 2.45) is 0 Å². The molecule has 22 heavy (non-hydrogen) atoms. The molecule has 0 unspecified atom stereocenters. The smallest absolute Gasteiger partial charge is 0.245 e. The van der Waals surface area contributed by atoms with Gasteiger partial charge < -0.3 is 9.63 Å². The van der Waals surface area contributed by atoms with E-state index in [0.717, 1.165) is 4.88 Å². The molecule has 8 heteroatoms. The third kappa shape index (κ3) is 3.95. The largest absolute Gasteiger partial charge is 0.396 e. The van der Waals surface area contributed by atoms with Crippen molar-refractivity contribution in [1.82, 2.24) is 9.88 Å². The molecular weight excluding hydrogens is 324 g/mol. The first-order chi connectivity index (χ1) is 10.5. The lowest BCUT2D eigenvalue weighted by Crippen LogP contribution is -2.26. The van der Waals surface area contributed by atoms with Gasteiger partial charge in [0.05, 0.1) is 0 Å². The molecule has 0 saturated heterocycles. The Balaban J connectivity index is 2.00. The SMILES string of the molecule is Cc1noc(C)c1S(=O)(=O)NCC[C@H](CCO)c1cccs1. The summed E-state index contributed by atoms with van der Waals surface area (Å²) in [5.74, 6) is 0.438. The molecule has 0 fully saturated rings. The van der Waals surface area contributed by atoms with Crippen molar-refractivity contribution in [2.75, 3.05) is 13.2 Å². The zero-order valence-corrected chi connectivity index (χ0v) is 14.2. The van der Waals surface area contributed by atoms with Crippen LogP contribution in [-0.2, 0) is 10.0 Å². The summed E-state index contributed by atoms with van der Waals surface area (Å²) in [5.41, 5.74) is 0.357. The van der Waals surface area contributed by atoms with Gasteiger partial charge in [0.2, 0.25) is 10.0 Å². The predicted octanol–water partition coefficient (Wildman–Crippen LogP) is 2.19. The summed E-state index contributed by atoms with van der Waals surface area (Å²) in [6, 6.07) is 3.96. The Kier molecular flexibility index (Phi) is 5.74. The fourth-order valence-electron chi connectivity index (χ4n) is 2.41. The number of hydrogen-bond acceptors (Lipinski definition) is 6. The average Bonchev–Trinajstić information content (AvgIpc) is 3.08. The standard InChI is InChI=1S/C14H20N2O4S2/c1-10-14(11(2)20-16-10)22(18,19)15-7-5-12(6-8-17)13-4-3-9-21-13/h3-4,9,12,15,17H,5-8H2,1-2H3/t12-/m1/s1. The van der Waals surface area contributed by atoms with Crippen LogP contribution in [0.4, 0.5) is 0 Å². The van der Waals surface area contributed by atoms with Crippen LogP contribution in [0.1, 0.15) is 35.1 Å². The molecule has 0 bridgehead atoms. The molecule has 2 aromatic rings. The highest BCUT2D eigenvalue weighted by atomic mass is 32.2. The van der Waals surface area contributed by atoms with Crippen LogP contribution in [0.25, 0.3) is 0 Å². The fourth-order valence-corrected chi connectivity index (χ4v) is 4.68. The van der Waals surface area contributed by atoms with Crippen LogP contribution in [0.15, 0.2) is 26.9 Å². The number of thiophene rings is 1. The summed E-state index contributed by atoms with van der Waals surface area (Å²) in [5, 5.41) is 14.8. The van der Waals surface area contributed by atoms with Gasteiger partial charge in [0.15, 0.2) is 5.76 Å². The van der Waals surface area contributed by atoms with Crippen LogP contribution in [-0.4, -0.2) is 31.8 Å². The second-order valence-corrected chi connectivity index (χ2v) is 7.75. The van der Waals surface area contributed by atoms with Crippen LogP contribution in [0.5, 0.6) is 0 Å².